The van der Waals surface area contributed by atoms with Gasteiger partial charge < -0.3 is 9.84 Å². The third-order valence-electron chi connectivity index (χ3n) is 4.11. The van der Waals surface area contributed by atoms with Crippen LogP contribution in [0, 0.1) is 5.82 Å². The molecule has 0 radical (unpaired) electrons. The zero-order valence-corrected chi connectivity index (χ0v) is 11.0. The van der Waals surface area contributed by atoms with Crippen molar-refractivity contribution in [2.24, 2.45) is 0 Å². The second-order valence-electron chi connectivity index (χ2n) is 5.43. The van der Waals surface area contributed by atoms with Gasteiger partial charge in [0.2, 0.25) is 0 Å². The van der Waals surface area contributed by atoms with Crippen LogP contribution < -0.4 is 4.74 Å². The smallest absolute Gasteiger partial charge is 0.165 e. The van der Waals surface area contributed by atoms with Crippen molar-refractivity contribution in [3.63, 3.8) is 0 Å². The standard InChI is InChI=1S/C15H20FNO2/c16-12-7-5-6-11-14(13(18)10-19-15(11)12)17-8-3-1-2-4-9-17/h5-7,13-14,18H,1-4,8-10H2. The Morgan fingerprint density at radius 3 is 2.63 bits per heavy atom. The van der Waals surface area contributed by atoms with Crippen LogP contribution in [-0.4, -0.2) is 35.8 Å². The van der Waals surface area contributed by atoms with E-state index in [1.54, 1.807) is 6.07 Å². The van der Waals surface area contributed by atoms with E-state index in [-0.39, 0.29) is 18.5 Å². The Hall–Kier alpha value is -1.13. The molecule has 0 amide bonds. The molecule has 0 saturated carbocycles. The van der Waals surface area contributed by atoms with E-state index in [2.05, 4.69) is 4.90 Å². The van der Waals surface area contributed by atoms with Crippen LogP contribution in [0.2, 0.25) is 0 Å². The molecule has 2 atom stereocenters. The molecule has 104 valence electrons. The van der Waals surface area contributed by atoms with Crippen LogP contribution in [0.4, 0.5) is 4.39 Å². The highest BCUT2D eigenvalue weighted by molar-refractivity contribution is 5.39. The number of nitrogens with zero attached hydrogens (tertiary/aromatic N) is 1. The zero-order valence-electron chi connectivity index (χ0n) is 11.0. The predicted octanol–water partition coefficient (Wildman–Crippen LogP) is 2.50. The van der Waals surface area contributed by atoms with E-state index in [9.17, 15) is 9.50 Å². The van der Waals surface area contributed by atoms with Crippen molar-refractivity contribution in [2.75, 3.05) is 19.7 Å². The fourth-order valence-electron chi connectivity index (χ4n) is 3.19. The Balaban J connectivity index is 1.93. The first-order chi connectivity index (χ1) is 9.27. The van der Waals surface area contributed by atoms with Crippen LogP contribution in [-0.2, 0) is 0 Å². The van der Waals surface area contributed by atoms with Crippen LogP contribution in [0.25, 0.3) is 0 Å². The molecule has 3 rings (SSSR count). The van der Waals surface area contributed by atoms with Crippen molar-refractivity contribution in [1.29, 1.82) is 0 Å². The van der Waals surface area contributed by atoms with Crippen molar-refractivity contribution in [3.8, 4) is 5.75 Å². The van der Waals surface area contributed by atoms with Crippen LogP contribution in [0.3, 0.4) is 0 Å². The number of hydrogen-bond donors (Lipinski definition) is 1. The molecule has 0 aliphatic carbocycles. The molecule has 0 bridgehead atoms. The van der Waals surface area contributed by atoms with Crippen molar-refractivity contribution < 1.29 is 14.2 Å². The number of fused-ring (bicyclic) bond motifs is 1. The lowest BCUT2D eigenvalue weighted by Crippen LogP contribution is -2.42. The summed E-state index contributed by atoms with van der Waals surface area (Å²) in [6.45, 7) is 2.12. The van der Waals surface area contributed by atoms with Crippen LogP contribution >= 0.6 is 0 Å². The average Bonchev–Trinajstić information content (AvgIpc) is 2.67. The third kappa shape index (κ3) is 2.47. The highest BCUT2D eigenvalue weighted by atomic mass is 19.1. The SMILES string of the molecule is OC1COc2c(F)cccc2C1N1CCCCCC1. The Morgan fingerprint density at radius 2 is 1.89 bits per heavy atom. The molecule has 1 fully saturated rings. The number of likely N-dealkylation sites (tertiary alicyclic amines) is 1. The molecule has 1 aromatic rings. The first-order valence-electron chi connectivity index (χ1n) is 7.10. The number of aliphatic hydroxyl groups is 1. The largest absolute Gasteiger partial charge is 0.487 e. The van der Waals surface area contributed by atoms with Crippen LogP contribution in [0.5, 0.6) is 5.75 Å². The van der Waals surface area contributed by atoms with Gasteiger partial charge >= 0.3 is 0 Å². The summed E-state index contributed by atoms with van der Waals surface area (Å²) >= 11 is 0. The van der Waals surface area contributed by atoms with Gasteiger partial charge in [-0.1, -0.05) is 25.0 Å². The maximum absolute atomic E-state index is 13.8. The van der Waals surface area contributed by atoms with Crippen molar-refractivity contribution >= 4 is 0 Å². The molecule has 1 saturated heterocycles. The summed E-state index contributed by atoms with van der Waals surface area (Å²) in [5.41, 5.74) is 0.792. The van der Waals surface area contributed by atoms with E-state index in [1.807, 2.05) is 6.07 Å². The highest BCUT2D eigenvalue weighted by Crippen LogP contribution is 2.38. The molecule has 2 aliphatic heterocycles. The van der Waals surface area contributed by atoms with Gasteiger partial charge in [0.15, 0.2) is 11.6 Å². The summed E-state index contributed by atoms with van der Waals surface area (Å²) < 4.78 is 19.2. The van der Waals surface area contributed by atoms with Gasteiger partial charge in [0.25, 0.3) is 0 Å². The van der Waals surface area contributed by atoms with Gasteiger partial charge in [-0.05, 0) is 32.0 Å². The summed E-state index contributed by atoms with van der Waals surface area (Å²) in [5.74, 6) is -0.00808. The lowest BCUT2D eigenvalue weighted by Gasteiger charge is -2.38. The van der Waals surface area contributed by atoms with Crippen molar-refractivity contribution in [2.45, 2.75) is 37.8 Å². The number of hydrogen-bond acceptors (Lipinski definition) is 3. The summed E-state index contributed by atoms with van der Waals surface area (Å²) in [7, 11) is 0. The van der Waals surface area contributed by atoms with Gasteiger partial charge in [0.05, 0.1) is 6.04 Å². The highest BCUT2D eigenvalue weighted by Gasteiger charge is 2.35. The summed E-state index contributed by atoms with van der Waals surface area (Å²) in [6.07, 6.45) is 4.20. The molecule has 19 heavy (non-hydrogen) atoms. The maximum Gasteiger partial charge on any atom is 0.165 e. The summed E-state index contributed by atoms with van der Waals surface area (Å²) in [6, 6.07) is 4.85. The average molecular weight is 265 g/mol. The molecule has 4 heteroatoms. The van der Waals surface area contributed by atoms with Gasteiger partial charge in [-0.25, -0.2) is 4.39 Å². The number of rotatable bonds is 1. The number of ether oxygens (including phenoxy) is 1. The molecule has 2 unspecified atom stereocenters. The molecule has 3 nitrogen and oxygen atoms in total. The van der Waals surface area contributed by atoms with E-state index < -0.39 is 6.10 Å². The van der Waals surface area contributed by atoms with E-state index in [4.69, 9.17) is 4.74 Å². The van der Waals surface area contributed by atoms with Crippen LogP contribution in [0.1, 0.15) is 37.3 Å². The predicted molar refractivity (Wildman–Crippen MR) is 70.7 cm³/mol. The Kier molecular flexibility index (Phi) is 3.71. The molecule has 1 aromatic carbocycles. The summed E-state index contributed by atoms with van der Waals surface area (Å²) in [4.78, 5) is 2.29. The molecule has 0 spiro atoms. The minimum Gasteiger partial charge on any atom is -0.487 e. The van der Waals surface area contributed by atoms with Gasteiger partial charge in [-0.15, -0.1) is 0 Å². The van der Waals surface area contributed by atoms with E-state index in [0.717, 1.165) is 31.5 Å². The minimum atomic E-state index is -0.576. The fraction of sp³-hybridized carbons (Fsp3) is 0.600. The third-order valence-corrected chi connectivity index (χ3v) is 4.11. The quantitative estimate of drug-likeness (QED) is 0.847. The second kappa shape index (κ2) is 5.47. The number of aliphatic hydroxyl groups excluding tert-OH is 1. The van der Waals surface area contributed by atoms with Gasteiger partial charge in [-0.3, -0.25) is 4.90 Å². The Bertz CT molecular complexity index is 444. The molecule has 2 aliphatic rings. The van der Waals surface area contributed by atoms with Crippen molar-refractivity contribution in [3.05, 3.63) is 29.6 Å². The number of para-hydroxylation sites is 1. The molecular weight excluding hydrogens is 245 g/mol. The van der Waals surface area contributed by atoms with Crippen molar-refractivity contribution in [1.82, 2.24) is 4.90 Å². The monoisotopic (exact) mass is 265 g/mol. The normalized spacial score (nSPS) is 28.3. The van der Waals surface area contributed by atoms with E-state index in [0.29, 0.717) is 5.75 Å². The molecular formula is C15H20FNO2. The second-order valence-corrected chi connectivity index (χ2v) is 5.43. The molecule has 0 aromatic heterocycles. The van der Waals surface area contributed by atoms with Crippen LogP contribution in [0.15, 0.2) is 18.2 Å². The topological polar surface area (TPSA) is 32.7 Å². The zero-order chi connectivity index (χ0) is 13.2. The first kappa shape index (κ1) is 12.9. The van der Waals surface area contributed by atoms with Gasteiger partial charge in [0.1, 0.15) is 12.7 Å². The van der Waals surface area contributed by atoms with E-state index in [1.165, 1.54) is 18.9 Å². The van der Waals surface area contributed by atoms with Gasteiger partial charge in [0, 0.05) is 5.56 Å². The first-order valence-corrected chi connectivity index (χ1v) is 7.10. The number of benzene rings is 1. The number of halogens is 1. The molecule has 1 N–H and O–H groups in total. The maximum atomic E-state index is 13.8. The van der Waals surface area contributed by atoms with E-state index >= 15 is 0 Å². The Morgan fingerprint density at radius 1 is 1.16 bits per heavy atom. The summed E-state index contributed by atoms with van der Waals surface area (Å²) in [5, 5.41) is 10.3. The van der Waals surface area contributed by atoms with Gasteiger partial charge in [-0.2, -0.15) is 0 Å². The lowest BCUT2D eigenvalue weighted by atomic mass is 9.96. The molecule has 2 heterocycles. The Labute approximate surface area is 113 Å². The fourth-order valence-corrected chi connectivity index (χ4v) is 3.19. The lowest BCUT2D eigenvalue weighted by molar-refractivity contribution is -0.000539. The minimum absolute atomic E-state index is 0.127.